The van der Waals surface area contributed by atoms with Gasteiger partial charge in [0.25, 0.3) is 0 Å². The fourth-order valence-electron chi connectivity index (χ4n) is 1.41. The number of aryl methyl sites for hydroxylation is 1. The largest absolute Gasteiger partial charge is 0.389 e. The van der Waals surface area contributed by atoms with Crippen LogP contribution in [0.4, 0.5) is 13.2 Å². The van der Waals surface area contributed by atoms with E-state index in [4.69, 9.17) is 5.73 Å². The minimum absolute atomic E-state index is 0.0921. The maximum atomic E-state index is 12.0. The third kappa shape index (κ3) is 4.14. The summed E-state index contributed by atoms with van der Waals surface area (Å²) in [6, 6.07) is 4.87. The number of hydrogen-bond donors (Lipinski definition) is 1. The molecule has 5 heteroatoms. The molecule has 1 aromatic carbocycles. The van der Waals surface area contributed by atoms with Crippen LogP contribution in [0.1, 0.15) is 30.0 Å². The fraction of sp³-hybridized carbons (Fsp3) is 0.455. The summed E-state index contributed by atoms with van der Waals surface area (Å²) in [4.78, 5) is 0. The normalized spacial score (nSPS) is 13.9. The Labute approximate surface area is 101 Å². The molecule has 0 aliphatic heterocycles. The highest BCUT2D eigenvalue weighted by Gasteiger charge is 2.28. The van der Waals surface area contributed by atoms with Crippen molar-refractivity contribution >= 4 is 15.9 Å². The van der Waals surface area contributed by atoms with E-state index in [0.29, 0.717) is 0 Å². The van der Waals surface area contributed by atoms with Gasteiger partial charge in [0.1, 0.15) is 0 Å². The Hall–Kier alpha value is -0.550. The molecule has 1 rings (SSSR count). The molecule has 0 aliphatic carbocycles. The summed E-state index contributed by atoms with van der Waals surface area (Å²) < 4.78 is 36.9. The van der Waals surface area contributed by atoms with Gasteiger partial charge in [-0.15, -0.1) is 0 Å². The summed E-state index contributed by atoms with van der Waals surface area (Å²) in [5.74, 6) is 0. The quantitative estimate of drug-likeness (QED) is 0.893. The van der Waals surface area contributed by atoms with Crippen molar-refractivity contribution in [3.63, 3.8) is 0 Å². The molecule has 0 aliphatic rings. The molecule has 0 bridgehead atoms. The van der Waals surface area contributed by atoms with Crippen LogP contribution in [0.25, 0.3) is 0 Å². The lowest BCUT2D eigenvalue weighted by Crippen LogP contribution is -2.16. The van der Waals surface area contributed by atoms with E-state index in [9.17, 15) is 13.2 Å². The van der Waals surface area contributed by atoms with Gasteiger partial charge in [0.05, 0.1) is 0 Å². The predicted molar refractivity (Wildman–Crippen MR) is 61.1 cm³/mol. The maximum absolute atomic E-state index is 12.0. The highest BCUT2D eigenvalue weighted by atomic mass is 79.9. The molecule has 1 atom stereocenters. The van der Waals surface area contributed by atoms with Crippen molar-refractivity contribution in [1.29, 1.82) is 0 Å². The summed E-state index contributed by atoms with van der Waals surface area (Å²) >= 11 is 3.31. The van der Waals surface area contributed by atoms with E-state index in [1.807, 2.05) is 19.1 Å². The van der Waals surface area contributed by atoms with Crippen LogP contribution < -0.4 is 5.73 Å². The van der Waals surface area contributed by atoms with Gasteiger partial charge in [-0.25, -0.2) is 0 Å². The minimum Gasteiger partial charge on any atom is -0.324 e. The molecule has 0 radical (unpaired) electrons. The van der Waals surface area contributed by atoms with Gasteiger partial charge >= 0.3 is 6.18 Å². The average Bonchev–Trinajstić information content (AvgIpc) is 2.13. The molecular formula is C11H13BrF3N. The topological polar surface area (TPSA) is 26.0 Å². The maximum Gasteiger partial charge on any atom is 0.389 e. The number of nitrogens with two attached hydrogens (primary N) is 1. The third-order valence-corrected chi connectivity index (χ3v) is 2.98. The lowest BCUT2D eigenvalue weighted by Gasteiger charge is -2.15. The second-order valence-electron chi connectivity index (χ2n) is 3.79. The van der Waals surface area contributed by atoms with Crippen LogP contribution in [-0.2, 0) is 0 Å². The molecule has 0 aromatic heterocycles. The van der Waals surface area contributed by atoms with Gasteiger partial charge in [0.2, 0.25) is 0 Å². The molecule has 0 unspecified atom stereocenters. The molecule has 0 saturated heterocycles. The summed E-state index contributed by atoms with van der Waals surface area (Å²) in [6.45, 7) is 1.91. The van der Waals surface area contributed by atoms with E-state index in [2.05, 4.69) is 15.9 Å². The highest BCUT2D eigenvalue weighted by Crippen LogP contribution is 2.30. The van der Waals surface area contributed by atoms with Crippen LogP contribution in [0.5, 0.6) is 0 Å². The Bertz CT molecular complexity index is 363. The minimum atomic E-state index is -4.14. The van der Waals surface area contributed by atoms with Crippen molar-refractivity contribution in [3.05, 3.63) is 33.8 Å². The molecule has 1 aromatic rings. The van der Waals surface area contributed by atoms with Gasteiger partial charge < -0.3 is 5.73 Å². The standard InChI is InChI=1S/C11H13BrF3N/c1-7-2-3-8(9(12)6-7)10(16)4-5-11(13,14)15/h2-3,6,10H,4-5,16H2,1H3/t10-/m0/s1. The summed E-state index contributed by atoms with van der Waals surface area (Å²) in [6.07, 6.45) is -5.09. The second-order valence-corrected chi connectivity index (χ2v) is 4.64. The first-order valence-corrected chi connectivity index (χ1v) is 5.67. The number of hydrogen-bond acceptors (Lipinski definition) is 1. The van der Waals surface area contributed by atoms with E-state index in [0.717, 1.165) is 15.6 Å². The van der Waals surface area contributed by atoms with Crippen LogP contribution in [0.2, 0.25) is 0 Å². The number of rotatable bonds is 3. The molecule has 0 spiro atoms. The van der Waals surface area contributed by atoms with Crippen molar-refractivity contribution in [3.8, 4) is 0 Å². The van der Waals surface area contributed by atoms with Gasteiger partial charge in [0.15, 0.2) is 0 Å². The molecule has 0 saturated carbocycles. The van der Waals surface area contributed by atoms with E-state index < -0.39 is 18.6 Å². The Morgan fingerprint density at radius 1 is 1.38 bits per heavy atom. The molecule has 0 fully saturated rings. The monoisotopic (exact) mass is 295 g/mol. The third-order valence-electron chi connectivity index (χ3n) is 2.29. The first-order valence-electron chi connectivity index (χ1n) is 4.88. The number of halogens is 4. The zero-order valence-electron chi connectivity index (χ0n) is 8.81. The Balaban J connectivity index is 2.70. The zero-order valence-corrected chi connectivity index (χ0v) is 10.4. The van der Waals surface area contributed by atoms with E-state index >= 15 is 0 Å². The zero-order chi connectivity index (χ0) is 12.3. The molecule has 2 N–H and O–H groups in total. The first kappa shape index (κ1) is 13.5. The number of benzene rings is 1. The van der Waals surface area contributed by atoms with Gasteiger partial charge in [-0.2, -0.15) is 13.2 Å². The molecule has 16 heavy (non-hydrogen) atoms. The molecular weight excluding hydrogens is 283 g/mol. The molecule has 1 nitrogen and oxygen atoms in total. The van der Waals surface area contributed by atoms with Crippen LogP contribution in [-0.4, -0.2) is 6.18 Å². The summed E-state index contributed by atoms with van der Waals surface area (Å²) in [5, 5.41) is 0. The first-order chi connectivity index (χ1) is 7.29. The van der Waals surface area contributed by atoms with Crippen molar-refractivity contribution in [2.45, 2.75) is 32.0 Å². The highest BCUT2D eigenvalue weighted by molar-refractivity contribution is 9.10. The lowest BCUT2D eigenvalue weighted by atomic mass is 10.0. The predicted octanol–water partition coefficient (Wildman–Crippen LogP) is 4.10. The smallest absolute Gasteiger partial charge is 0.324 e. The van der Waals surface area contributed by atoms with Gasteiger partial charge in [-0.3, -0.25) is 0 Å². The van der Waals surface area contributed by atoms with Crippen LogP contribution >= 0.6 is 15.9 Å². The van der Waals surface area contributed by atoms with Crippen molar-refractivity contribution in [1.82, 2.24) is 0 Å². The fourth-order valence-corrected chi connectivity index (χ4v) is 2.19. The van der Waals surface area contributed by atoms with Gasteiger partial charge in [0, 0.05) is 16.9 Å². The molecule has 0 heterocycles. The average molecular weight is 296 g/mol. The van der Waals surface area contributed by atoms with Crippen LogP contribution in [0.3, 0.4) is 0 Å². The SMILES string of the molecule is Cc1ccc([C@@H](N)CCC(F)(F)F)c(Br)c1. The summed E-state index contributed by atoms with van der Waals surface area (Å²) in [7, 11) is 0. The Morgan fingerprint density at radius 2 is 2.00 bits per heavy atom. The van der Waals surface area contributed by atoms with Crippen LogP contribution in [0.15, 0.2) is 22.7 Å². The Kier molecular flexibility index (Phi) is 4.38. The van der Waals surface area contributed by atoms with Crippen molar-refractivity contribution in [2.24, 2.45) is 5.73 Å². The van der Waals surface area contributed by atoms with Gasteiger partial charge in [-0.05, 0) is 30.5 Å². The molecule has 90 valence electrons. The van der Waals surface area contributed by atoms with Crippen molar-refractivity contribution < 1.29 is 13.2 Å². The number of alkyl halides is 3. The van der Waals surface area contributed by atoms with E-state index in [-0.39, 0.29) is 6.42 Å². The van der Waals surface area contributed by atoms with Gasteiger partial charge in [-0.1, -0.05) is 28.1 Å². The molecule has 0 amide bonds. The lowest BCUT2D eigenvalue weighted by molar-refractivity contribution is -0.136. The van der Waals surface area contributed by atoms with E-state index in [1.165, 1.54) is 0 Å². The van der Waals surface area contributed by atoms with E-state index in [1.54, 1.807) is 6.07 Å². The Morgan fingerprint density at radius 3 is 2.50 bits per heavy atom. The summed E-state index contributed by atoms with van der Waals surface area (Å²) in [5.41, 5.74) is 7.48. The second kappa shape index (κ2) is 5.19. The van der Waals surface area contributed by atoms with Crippen LogP contribution in [0, 0.1) is 6.92 Å². The van der Waals surface area contributed by atoms with Crippen molar-refractivity contribution in [2.75, 3.05) is 0 Å².